The molecule has 0 aliphatic heterocycles. The van der Waals surface area contributed by atoms with E-state index in [1.54, 1.807) is 43.3 Å². The molecule has 0 spiro atoms. The molecule has 7 nitrogen and oxygen atoms in total. The highest BCUT2D eigenvalue weighted by Gasteiger charge is 2.31. The van der Waals surface area contributed by atoms with E-state index in [1.807, 2.05) is 0 Å². The maximum atomic E-state index is 13.5. The zero-order valence-corrected chi connectivity index (χ0v) is 21.5. The van der Waals surface area contributed by atoms with Gasteiger partial charge in [0.25, 0.3) is 0 Å². The Bertz CT molecular complexity index is 1120. The van der Waals surface area contributed by atoms with Crippen molar-refractivity contribution in [2.45, 2.75) is 51.2 Å². The van der Waals surface area contributed by atoms with Crippen LogP contribution in [0.5, 0.6) is 0 Å². The van der Waals surface area contributed by atoms with E-state index in [4.69, 9.17) is 23.2 Å². The summed E-state index contributed by atoms with van der Waals surface area (Å²) in [6.45, 7) is 1.24. The molecule has 1 atom stereocenters. The first-order valence-electron chi connectivity index (χ1n) is 11.1. The molecule has 34 heavy (non-hydrogen) atoms. The number of nitrogens with zero attached hydrogens (tertiary/aromatic N) is 2. The van der Waals surface area contributed by atoms with Gasteiger partial charge in [0.05, 0.1) is 11.9 Å². The van der Waals surface area contributed by atoms with Gasteiger partial charge in [0.2, 0.25) is 21.8 Å². The van der Waals surface area contributed by atoms with E-state index in [2.05, 4.69) is 5.32 Å². The number of amides is 2. The Balaban J connectivity index is 1.88. The summed E-state index contributed by atoms with van der Waals surface area (Å²) in [4.78, 5) is 27.9. The van der Waals surface area contributed by atoms with Crippen LogP contribution in [0.25, 0.3) is 0 Å². The van der Waals surface area contributed by atoms with E-state index in [0.717, 1.165) is 36.2 Å². The van der Waals surface area contributed by atoms with Gasteiger partial charge in [-0.3, -0.25) is 13.9 Å². The third kappa shape index (κ3) is 6.87. The molecule has 0 heterocycles. The fraction of sp³-hybridized carbons (Fsp3) is 0.417. The maximum Gasteiger partial charge on any atom is 0.244 e. The predicted octanol–water partition coefficient (Wildman–Crippen LogP) is 4.24. The maximum absolute atomic E-state index is 13.5. The zero-order chi connectivity index (χ0) is 24.9. The van der Waals surface area contributed by atoms with Gasteiger partial charge in [-0.1, -0.05) is 54.2 Å². The highest BCUT2D eigenvalue weighted by Crippen LogP contribution is 2.23. The Morgan fingerprint density at radius 2 is 1.68 bits per heavy atom. The highest BCUT2D eigenvalue weighted by molar-refractivity contribution is 7.92. The summed E-state index contributed by atoms with van der Waals surface area (Å²) in [7, 11) is -3.79. The second-order valence-electron chi connectivity index (χ2n) is 8.53. The first kappa shape index (κ1) is 26.3. The largest absolute Gasteiger partial charge is 0.352 e. The van der Waals surface area contributed by atoms with Crippen molar-refractivity contribution in [3.63, 3.8) is 0 Å². The lowest BCUT2D eigenvalue weighted by molar-refractivity contribution is -0.139. The van der Waals surface area contributed by atoms with E-state index in [0.29, 0.717) is 21.3 Å². The topological polar surface area (TPSA) is 86.8 Å². The molecule has 2 aromatic carbocycles. The molecule has 0 radical (unpaired) electrons. The first-order chi connectivity index (χ1) is 16.1. The summed E-state index contributed by atoms with van der Waals surface area (Å²) in [5.74, 6) is -0.793. The third-order valence-electron chi connectivity index (χ3n) is 5.96. The smallest absolute Gasteiger partial charge is 0.244 e. The average Bonchev–Trinajstić information content (AvgIpc) is 3.29. The molecular weight excluding hydrogens is 497 g/mol. The van der Waals surface area contributed by atoms with E-state index < -0.39 is 28.5 Å². The minimum absolute atomic E-state index is 0.0655. The second kappa shape index (κ2) is 11.4. The van der Waals surface area contributed by atoms with Crippen LogP contribution < -0.4 is 9.62 Å². The Labute approximate surface area is 211 Å². The molecule has 2 amide bonds. The summed E-state index contributed by atoms with van der Waals surface area (Å²) < 4.78 is 26.1. The summed E-state index contributed by atoms with van der Waals surface area (Å²) in [6.07, 6.45) is 4.98. The molecule has 1 fully saturated rings. The first-order valence-corrected chi connectivity index (χ1v) is 13.7. The number of sulfonamides is 1. The Morgan fingerprint density at radius 3 is 2.26 bits per heavy atom. The van der Waals surface area contributed by atoms with Crippen molar-refractivity contribution in [1.82, 2.24) is 10.2 Å². The van der Waals surface area contributed by atoms with Gasteiger partial charge >= 0.3 is 0 Å². The van der Waals surface area contributed by atoms with E-state index in [9.17, 15) is 18.0 Å². The standard InChI is InChI=1S/C24H29Cl2N3O4S/c1-17(24(31)27-20-8-4-5-9-20)28(15-18-7-3-6-10-22(18)26)23(30)16-29(34(2,32)33)21-13-11-19(25)12-14-21/h3,6-7,10-14,17,20H,4-5,8-9,15-16H2,1-2H3,(H,27,31). The minimum atomic E-state index is -3.79. The van der Waals surface area contributed by atoms with Crippen molar-refractivity contribution in [2.75, 3.05) is 17.1 Å². The number of halogens is 2. The number of hydrogen-bond acceptors (Lipinski definition) is 4. The fourth-order valence-electron chi connectivity index (χ4n) is 4.01. The Hall–Kier alpha value is -2.29. The van der Waals surface area contributed by atoms with Crippen molar-refractivity contribution in [3.05, 3.63) is 64.1 Å². The number of hydrogen-bond donors (Lipinski definition) is 1. The molecule has 1 N–H and O–H groups in total. The second-order valence-corrected chi connectivity index (χ2v) is 11.3. The molecule has 1 saturated carbocycles. The summed E-state index contributed by atoms with van der Waals surface area (Å²) in [5.41, 5.74) is 0.969. The van der Waals surface area contributed by atoms with Gasteiger partial charge in [-0.05, 0) is 55.7 Å². The van der Waals surface area contributed by atoms with E-state index in [1.165, 1.54) is 17.0 Å². The average molecular weight is 526 g/mol. The predicted molar refractivity (Wildman–Crippen MR) is 136 cm³/mol. The SMILES string of the molecule is CC(C(=O)NC1CCCC1)N(Cc1ccccc1Cl)C(=O)CN(c1ccc(Cl)cc1)S(C)(=O)=O. The molecule has 0 aromatic heterocycles. The van der Waals surface area contributed by atoms with Gasteiger partial charge in [-0.15, -0.1) is 0 Å². The number of carbonyl (C=O) groups is 2. The van der Waals surface area contributed by atoms with Crippen LogP contribution in [-0.2, 0) is 26.2 Å². The summed E-state index contributed by atoms with van der Waals surface area (Å²) in [6, 6.07) is 12.5. The van der Waals surface area contributed by atoms with Crippen LogP contribution in [0.3, 0.4) is 0 Å². The lowest BCUT2D eigenvalue weighted by Gasteiger charge is -2.32. The minimum Gasteiger partial charge on any atom is -0.352 e. The monoisotopic (exact) mass is 525 g/mol. The van der Waals surface area contributed by atoms with Crippen LogP contribution in [0.2, 0.25) is 10.0 Å². The van der Waals surface area contributed by atoms with Crippen molar-refractivity contribution in [3.8, 4) is 0 Å². The van der Waals surface area contributed by atoms with E-state index in [-0.39, 0.29) is 18.5 Å². The van der Waals surface area contributed by atoms with Gasteiger partial charge in [0.1, 0.15) is 12.6 Å². The molecule has 184 valence electrons. The van der Waals surface area contributed by atoms with Crippen LogP contribution in [0.15, 0.2) is 48.5 Å². The third-order valence-corrected chi connectivity index (χ3v) is 7.72. The van der Waals surface area contributed by atoms with Crippen molar-refractivity contribution in [2.24, 2.45) is 0 Å². The van der Waals surface area contributed by atoms with Gasteiger partial charge in [0.15, 0.2) is 0 Å². The molecule has 1 aliphatic carbocycles. The number of anilines is 1. The van der Waals surface area contributed by atoms with Crippen LogP contribution >= 0.6 is 23.2 Å². The number of rotatable bonds is 9. The van der Waals surface area contributed by atoms with E-state index >= 15 is 0 Å². The van der Waals surface area contributed by atoms with Crippen LogP contribution in [0, 0.1) is 0 Å². The molecule has 10 heteroatoms. The molecule has 3 rings (SSSR count). The molecule has 1 unspecified atom stereocenters. The van der Waals surface area contributed by atoms with Gasteiger partial charge in [0, 0.05) is 22.6 Å². The quantitative estimate of drug-likeness (QED) is 0.530. The molecule has 2 aromatic rings. The normalized spacial score (nSPS) is 15.1. The lowest BCUT2D eigenvalue weighted by atomic mass is 10.1. The van der Waals surface area contributed by atoms with Crippen molar-refractivity contribution < 1.29 is 18.0 Å². The van der Waals surface area contributed by atoms with Gasteiger partial charge in [-0.25, -0.2) is 8.42 Å². The Kier molecular flexibility index (Phi) is 8.84. The summed E-state index contributed by atoms with van der Waals surface area (Å²) >= 11 is 12.3. The number of benzene rings is 2. The molecular formula is C24H29Cl2N3O4S. The van der Waals surface area contributed by atoms with Gasteiger partial charge in [-0.2, -0.15) is 0 Å². The lowest BCUT2D eigenvalue weighted by Crippen LogP contribution is -2.52. The summed E-state index contributed by atoms with van der Waals surface area (Å²) in [5, 5.41) is 3.93. The molecule has 1 aliphatic rings. The highest BCUT2D eigenvalue weighted by atomic mass is 35.5. The van der Waals surface area contributed by atoms with Crippen molar-refractivity contribution >= 4 is 50.7 Å². The number of nitrogens with one attached hydrogen (secondary N) is 1. The fourth-order valence-corrected chi connectivity index (χ4v) is 5.18. The van der Waals surface area contributed by atoms with Gasteiger partial charge < -0.3 is 10.2 Å². The zero-order valence-electron chi connectivity index (χ0n) is 19.2. The molecule has 0 bridgehead atoms. The van der Waals surface area contributed by atoms with Crippen LogP contribution in [-0.4, -0.2) is 50.0 Å². The van der Waals surface area contributed by atoms with Crippen LogP contribution in [0.1, 0.15) is 38.2 Å². The molecule has 0 saturated heterocycles. The van der Waals surface area contributed by atoms with Crippen molar-refractivity contribution in [1.29, 1.82) is 0 Å². The van der Waals surface area contributed by atoms with Crippen LogP contribution in [0.4, 0.5) is 5.69 Å². The number of carbonyl (C=O) groups excluding carboxylic acids is 2. The Morgan fingerprint density at radius 1 is 1.06 bits per heavy atom.